The number of halogens is 1. The lowest BCUT2D eigenvalue weighted by Gasteiger charge is -2.07. The van der Waals surface area contributed by atoms with Crippen LogP contribution in [0.5, 0.6) is 0 Å². The Balaban J connectivity index is 1.97. The lowest BCUT2D eigenvalue weighted by molar-refractivity contribution is 0.688. The molecule has 2 rings (SSSR count). The second-order valence-electron chi connectivity index (χ2n) is 3.82. The van der Waals surface area contributed by atoms with E-state index in [1.807, 2.05) is 30.3 Å². The second-order valence-corrected chi connectivity index (χ2v) is 4.67. The van der Waals surface area contributed by atoms with Gasteiger partial charge < -0.3 is 5.32 Å². The molecule has 0 aliphatic carbocycles. The Bertz CT molecular complexity index is 575. The molecule has 0 fully saturated rings. The molecule has 0 saturated carbocycles. The van der Waals surface area contributed by atoms with Crippen molar-refractivity contribution in [2.75, 3.05) is 0 Å². The van der Waals surface area contributed by atoms with Gasteiger partial charge in [-0.2, -0.15) is 5.26 Å². The van der Waals surface area contributed by atoms with Crippen molar-refractivity contribution in [2.45, 2.75) is 13.1 Å². The SMILES string of the molecule is N#Cc1ncccc1CNCc1ccccc1Br. The molecule has 0 unspecified atom stereocenters. The highest BCUT2D eigenvalue weighted by Crippen LogP contribution is 2.15. The molecule has 2 aromatic rings. The molecule has 90 valence electrons. The van der Waals surface area contributed by atoms with Crippen LogP contribution in [-0.2, 0) is 13.1 Å². The molecule has 0 spiro atoms. The fourth-order valence-electron chi connectivity index (χ4n) is 1.66. The van der Waals surface area contributed by atoms with Gasteiger partial charge in [-0.1, -0.05) is 40.2 Å². The van der Waals surface area contributed by atoms with Gasteiger partial charge in [-0.25, -0.2) is 4.98 Å². The van der Waals surface area contributed by atoms with Gasteiger partial charge in [0.15, 0.2) is 0 Å². The molecule has 1 aromatic heterocycles. The van der Waals surface area contributed by atoms with Gasteiger partial charge in [0.05, 0.1) is 0 Å². The quantitative estimate of drug-likeness (QED) is 0.944. The highest BCUT2D eigenvalue weighted by Gasteiger charge is 2.02. The Kier molecular flexibility index (Phi) is 4.46. The summed E-state index contributed by atoms with van der Waals surface area (Å²) in [4.78, 5) is 4.03. The minimum Gasteiger partial charge on any atom is -0.308 e. The first kappa shape index (κ1) is 12.7. The second kappa shape index (κ2) is 6.29. The Morgan fingerprint density at radius 1 is 1.11 bits per heavy atom. The molecule has 0 radical (unpaired) electrons. The number of rotatable bonds is 4. The van der Waals surface area contributed by atoms with Crippen LogP contribution in [0.3, 0.4) is 0 Å². The van der Waals surface area contributed by atoms with Crippen molar-refractivity contribution in [3.05, 3.63) is 63.9 Å². The summed E-state index contributed by atoms with van der Waals surface area (Å²) < 4.78 is 1.09. The smallest absolute Gasteiger partial charge is 0.144 e. The molecule has 0 aliphatic rings. The van der Waals surface area contributed by atoms with Crippen LogP contribution >= 0.6 is 15.9 Å². The lowest BCUT2D eigenvalue weighted by atomic mass is 10.2. The van der Waals surface area contributed by atoms with Crippen molar-refractivity contribution in [3.63, 3.8) is 0 Å². The number of benzene rings is 1. The number of nitriles is 1. The van der Waals surface area contributed by atoms with Crippen LogP contribution in [0.4, 0.5) is 0 Å². The Hall–Kier alpha value is -1.70. The summed E-state index contributed by atoms with van der Waals surface area (Å²) in [5.41, 5.74) is 2.60. The number of pyridine rings is 1. The highest BCUT2D eigenvalue weighted by molar-refractivity contribution is 9.10. The number of hydrogen-bond donors (Lipinski definition) is 1. The molecule has 0 bridgehead atoms. The van der Waals surface area contributed by atoms with Crippen LogP contribution in [0.2, 0.25) is 0 Å². The van der Waals surface area contributed by atoms with Crippen molar-refractivity contribution in [1.29, 1.82) is 5.26 Å². The Morgan fingerprint density at radius 3 is 2.61 bits per heavy atom. The van der Waals surface area contributed by atoms with E-state index in [0.29, 0.717) is 12.2 Å². The molecular formula is C14H12BrN3. The number of nitrogens with zero attached hydrogens (tertiary/aromatic N) is 2. The number of hydrogen-bond acceptors (Lipinski definition) is 3. The summed E-state index contributed by atoms with van der Waals surface area (Å²) in [7, 11) is 0. The fraction of sp³-hybridized carbons (Fsp3) is 0.143. The topological polar surface area (TPSA) is 48.7 Å². The van der Waals surface area contributed by atoms with E-state index >= 15 is 0 Å². The summed E-state index contributed by atoms with van der Waals surface area (Å²) >= 11 is 3.51. The van der Waals surface area contributed by atoms with Gasteiger partial charge in [-0.3, -0.25) is 0 Å². The van der Waals surface area contributed by atoms with Gasteiger partial charge in [-0.05, 0) is 17.7 Å². The zero-order valence-electron chi connectivity index (χ0n) is 9.73. The van der Waals surface area contributed by atoms with E-state index in [1.165, 1.54) is 5.56 Å². The predicted molar refractivity (Wildman–Crippen MR) is 73.6 cm³/mol. The molecule has 1 aromatic carbocycles. The molecule has 4 heteroatoms. The third-order valence-corrected chi connectivity index (χ3v) is 3.36. The van der Waals surface area contributed by atoms with Crippen molar-refractivity contribution in [3.8, 4) is 6.07 Å². The van der Waals surface area contributed by atoms with E-state index < -0.39 is 0 Å². The zero-order valence-corrected chi connectivity index (χ0v) is 11.3. The van der Waals surface area contributed by atoms with E-state index in [9.17, 15) is 0 Å². The van der Waals surface area contributed by atoms with Crippen LogP contribution in [0.25, 0.3) is 0 Å². The molecule has 0 aliphatic heterocycles. The van der Waals surface area contributed by atoms with Gasteiger partial charge >= 0.3 is 0 Å². The predicted octanol–water partition coefficient (Wildman–Crippen LogP) is 3.01. The van der Waals surface area contributed by atoms with Crippen LogP contribution in [0.1, 0.15) is 16.8 Å². The molecule has 0 atom stereocenters. The van der Waals surface area contributed by atoms with Crippen LogP contribution in [-0.4, -0.2) is 4.98 Å². The molecule has 0 amide bonds. The van der Waals surface area contributed by atoms with Crippen LogP contribution < -0.4 is 5.32 Å². The van der Waals surface area contributed by atoms with Crippen molar-refractivity contribution in [2.24, 2.45) is 0 Å². The zero-order chi connectivity index (χ0) is 12.8. The normalized spacial score (nSPS) is 10.0. The average Bonchev–Trinajstić information content (AvgIpc) is 2.41. The highest BCUT2D eigenvalue weighted by atomic mass is 79.9. The standard InChI is InChI=1S/C14H12BrN3/c15-13-6-2-1-4-11(13)9-17-10-12-5-3-7-18-14(12)8-16/h1-7,17H,9-10H2. The van der Waals surface area contributed by atoms with E-state index in [0.717, 1.165) is 16.6 Å². The first-order chi connectivity index (χ1) is 8.81. The molecule has 18 heavy (non-hydrogen) atoms. The van der Waals surface area contributed by atoms with Gasteiger partial charge in [0, 0.05) is 29.3 Å². The van der Waals surface area contributed by atoms with Crippen molar-refractivity contribution >= 4 is 15.9 Å². The van der Waals surface area contributed by atoms with Crippen LogP contribution in [0, 0.1) is 11.3 Å². The summed E-state index contributed by atoms with van der Waals surface area (Å²) in [6.45, 7) is 1.39. The summed E-state index contributed by atoms with van der Waals surface area (Å²) in [5.74, 6) is 0. The molecular weight excluding hydrogens is 290 g/mol. The van der Waals surface area contributed by atoms with Crippen LogP contribution in [0.15, 0.2) is 47.1 Å². The van der Waals surface area contributed by atoms with Crippen molar-refractivity contribution in [1.82, 2.24) is 10.3 Å². The van der Waals surface area contributed by atoms with E-state index in [2.05, 4.69) is 38.4 Å². The molecule has 1 heterocycles. The first-order valence-electron chi connectivity index (χ1n) is 5.59. The van der Waals surface area contributed by atoms with Crippen molar-refractivity contribution < 1.29 is 0 Å². The van der Waals surface area contributed by atoms with Gasteiger partial charge in [0.1, 0.15) is 11.8 Å². The molecule has 1 N–H and O–H groups in total. The molecule has 0 saturated heterocycles. The fourth-order valence-corrected chi connectivity index (χ4v) is 2.08. The summed E-state index contributed by atoms with van der Waals surface area (Å²) in [6.07, 6.45) is 1.63. The maximum absolute atomic E-state index is 8.93. The summed E-state index contributed by atoms with van der Waals surface area (Å²) in [5, 5.41) is 12.2. The average molecular weight is 302 g/mol. The van der Waals surface area contributed by atoms with E-state index in [-0.39, 0.29) is 0 Å². The minimum atomic E-state index is 0.483. The third kappa shape index (κ3) is 3.16. The number of aromatic nitrogens is 1. The largest absolute Gasteiger partial charge is 0.308 e. The maximum atomic E-state index is 8.93. The van der Waals surface area contributed by atoms with E-state index in [4.69, 9.17) is 5.26 Å². The monoisotopic (exact) mass is 301 g/mol. The number of nitrogens with one attached hydrogen (secondary N) is 1. The molecule has 3 nitrogen and oxygen atoms in total. The summed E-state index contributed by atoms with van der Waals surface area (Å²) in [6, 6.07) is 13.9. The van der Waals surface area contributed by atoms with Gasteiger partial charge in [0.25, 0.3) is 0 Å². The minimum absolute atomic E-state index is 0.483. The van der Waals surface area contributed by atoms with Gasteiger partial charge in [0.2, 0.25) is 0 Å². The van der Waals surface area contributed by atoms with E-state index in [1.54, 1.807) is 6.20 Å². The van der Waals surface area contributed by atoms with Gasteiger partial charge in [-0.15, -0.1) is 0 Å². The third-order valence-electron chi connectivity index (χ3n) is 2.59. The maximum Gasteiger partial charge on any atom is 0.144 e. The Labute approximate surface area is 115 Å². The lowest BCUT2D eigenvalue weighted by Crippen LogP contribution is -2.14. The Morgan fingerprint density at radius 2 is 1.83 bits per heavy atom. The first-order valence-corrected chi connectivity index (χ1v) is 6.38.